The summed E-state index contributed by atoms with van der Waals surface area (Å²) in [6.45, 7) is 2.15. The van der Waals surface area contributed by atoms with Crippen LogP contribution in [-0.4, -0.2) is 21.8 Å². The number of ether oxygens (including phenoxy) is 1. The van der Waals surface area contributed by atoms with Gasteiger partial charge in [0.1, 0.15) is 0 Å². The molecule has 0 aliphatic heterocycles. The molecule has 2 aromatic rings. The van der Waals surface area contributed by atoms with Crippen molar-refractivity contribution >= 4 is 40.3 Å². The summed E-state index contributed by atoms with van der Waals surface area (Å²) in [6, 6.07) is 4.28. The fourth-order valence-electron chi connectivity index (χ4n) is 1.44. The Labute approximate surface area is 121 Å². The van der Waals surface area contributed by atoms with E-state index in [9.17, 15) is 0 Å². The zero-order valence-corrected chi connectivity index (χ0v) is 14.1. The Bertz CT molecular complexity index is 498. The van der Waals surface area contributed by atoms with Gasteiger partial charge in [0, 0.05) is 0 Å². The molecule has 0 radical (unpaired) electrons. The van der Waals surface area contributed by atoms with Gasteiger partial charge in [0.15, 0.2) is 0 Å². The molecule has 1 aromatic carbocycles. The van der Waals surface area contributed by atoms with E-state index in [2.05, 4.69) is 45.6 Å². The third-order valence-corrected chi connectivity index (χ3v) is 5.24. The third-order valence-electron chi connectivity index (χ3n) is 2.35. The van der Waals surface area contributed by atoms with Crippen LogP contribution >= 0.6 is 15.9 Å². The van der Waals surface area contributed by atoms with Gasteiger partial charge in [0.05, 0.1) is 0 Å². The number of benzene rings is 1. The summed E-state index contributed by atoms with van der Waals surface area (Å²) in [7, 11) is 3.83. The van der Waals surface area contributed by atoms with Gasteiger partial charge in [-0.25, -0.2) is 0 Å². The summed E-state index contributed by atoms with van der Waals surface area (Å²) in [4.78, 5) is 0. The Hall–Kier alpha value is 0.419. The fourth-order valence-corrected chi connectivity index (χ4v) is 4.39. The predicted octanol–water partition coefficient (Wildman–Crippen LogP) is -1.20. The average molecular weight is 447 g/mol. The summed E-state index contributed by atoms with van der Waals surface area (Å²) in [6.07, 6.45) is 0. The first kappa shape index (κ1) is 13.5. The van der Waals surface area contributed by atoms with Crippen molar-refractivity contribution in [1.82, 2.24) is 0 Å². The van der Waals surface area contributed by atoms with Gasteiger partial charge in [-0.3, -0.25) is 0 Å². The third kappa shape index (κ3) is 2.40. The van der Waals surface area contributed by atoms with Gasteiger partial charge in [-0.15, -0.1) is 0 Å². The number of methoxy groups -OCH3 is 1. The second-order valence-corrected chi connectivity index (χ2v) is 6.47. The molecule has 0 atom stereocenters. The minimum Gasteiger partial charge on any atom is -1.00 e. The van der Waals surface area contributed by atoms with Gasteiger partial charge >= 0.3 is 97.7 Å². The summed E-state index contributed by atoms with van der Waals surface area (Å²) < 4.78 is 10.1. The Morgan fingerprint density at radius 2 is 2.07 bits per heavy atom. The van der Waals surface area contributed by atoms with Gasteiger partial charge in [-0.05, 0) is 0 Å². The van der Waals surface area contributed by atoms with Gasteiger partial charge in [0.2, 0.25) is 0 Å². The number of halogens is 2. The van der Waals surface area contributed by atoms with Crippen molar-refractivity contribution < 1.29 is 32.3 Å². The van der Waals surface area contributed by atoms with Crippen LogP contribution in [0.3, 0.4) is 0 Å². The van der Waals surface area contributed by atoms with Crippen LogP contribution in [0.1, 0.15) is 5.69 Å². The second-order valence-electron chi connectivity index (χ2n) is 3.16. The predicted molar refractivity (Wildman–Crippen MR) is 61.1 cm³/mol. The minimum atomic E-state index is 0. The molecule has 2 nitrogen and oxygen atoms in total. The van der Waals surface area contributed by atoms with Crippen molar-refractivity contribution in [2.24, 2.45) is 7.05 Å². The Balaban J connectivity index is 0.00000112. The number of aryl methyl sites for hydroxylation is 2. The van der Waals surface area contributed by atoms with Crippen molar-refractivity contribution in [2.75, 3.05) is 7.11 Å². The van der Waals surface area contributed by atoms with Crippen molar-refractivity contribution in [3.8, 4) is 5.75 Å². The van der Waals surface area contributed by atoms with Gasteiger partial charge < -0.3 is 24.0 Å². The summed E-state index contributed by atoms with van der Waals surface area (Å²) >= 11 is 3.93. The molecular weight excluding hydrogens is 436 g/mol. The number of rotatable bonds is 1. The van der Waals surface area contributed by atoms with Crippen molar-refractivity contribution in [1.29, 1.82) is 0 Å². The molecule has 82 valence electrons. The van der Waals surface area contributed by atoms with Crippen LogP contribution in [0.4, 0.5) is 0 Å². The van der Waals surface area contributed by atoms with E-state index >= 15 is 0 Å². The number of fused-ring (bicyclic) bond motifs is 1. The average Bonchev–Trinajstić information content (AvgIpc) is 2.41. The SMILES string of the molecule is COc1cc2c(C)[n+](C)[se]c2cc1Br.[I-]. The zero-order chi connectivity index (χ0) is 10.3. The van der Waals surface area contributed by atoms with E-state index in [1.54, 1.807) is 7.11 Å². The van der Waals surface area contributed by atoms with Crippen LogP contribution in [-0.2, 0) is 7.05 Å². The molecule has 0 amide bonds. The second kappa shape index (κ2) is 5.17. The number of nitrogens with zero attached hydrogens (tertiary/aromatic N) is 1. The molecule has 0 saturated carbocycles. The molecule has 2 rings (SSSR count). The molecule has 0 N–H and O–H groups in total. The maximum atomic E-state index is 5.28. The summed E-state index contributed by atoms with van der Waals surface area (Å²) in [5, 5.41) is 1.33. The van der Waals surface area contributed by atoms with Crippen LogP contribution < -0.4 is 32.3 Å². The Morgan fingerprint density at radius 1 is 1.40 bits per heavy atom. The van der Waals surface area contributed by atoms with Gasteiger partial charge in [-0.1, -0.05) is 0 Å². The molecule has 0 fully saturated rings. The van der Waals surface area contributed by atoms with Crippen LogP contribution in [0.25, 0.3) is 9.65 Å². The van der Waals surface area contributed by atoms with E-state index in [4.69, 9.17) is 4.74 Å². The molecule has 0 spiro atoms. The van der Waals surface area contributed by atoms with E-state index in [1.165, 1.54) is 15.3 Å². The molecule has 15 heavy (non-hydrogen) atoms. The van der Waals surface area contributed by atoms with E-state index in [1.807, 2.05) is 0 Å². The van der Waals surface area contributed by atoms with Crippen molar-refractivity contribution in [2.45, 2.75) is 6.92 Å². The standard InChI is InChI=1S/C10H11BrNOSe.HI/c1-6-7-4-9(13-3)8(11)5-10(7)14-12(6)2;/h4-5H,1-3H3;1H/q+1;/p-1. The Kier molecular flexibility index (Phi) is 4.64. The normalized spacial score (nSPS) is 10.1. The number of aromatic nitrogens is 1. The first-order valence-electron chi connectivity index (χ1n) is 4.26. The molecule has 0 unspecified atom stereocenters. The zero-order valence-electron chi connectivity index (χ0n) is 8.67. The van der Waals surface area contributed by atoms with E-state index in [0.29, 0.717) is 14.7 Å². The van der Waals surface area contributed by atoms with E-state index < -0.39 is 0 Å². The first-order valence-corrected chi connectivity index (χ1v) is 6.68. The molecule has 0 saturated heterocycles. The van der Waals surface area contributed by atoms with Gasteiger partial charge in [0.25, 0.3) is 0 Å². The summed E-state index contributed by atoms with van der Waals surface area (Å²) in [5.74, 6) is 0.911. The topological polar surface area (TPSA) is 13.1 Å². The van der Waals surface area contributed by atoms with Crippen LogP contribution in [0, 0.1) is 6.92 Å². The molecule has 0 aliphatic rings. The Morgan fingerprint density at radius 3 is 2.67 bits per heavy atom. The molecule has 1 aromatic heterocycles. The quantitative estimate of drug-likeness (QED) is 0.396. The monoisotopic (exact) mass is 447 g/mol. The maximum absolute atomic E-state index is 5.28. The maximum Gasteiger partial charge on any atom is -1.00 e. The van der Waals surface area contributed by atoms with Crippen molar-refractivity contribution in [3.05, 3.63) is 22.3 Å². The molecular formula is C10H11BrINOSe. The van der Waals surface area contributed by atoms with Crippen molar-refractivity contribution in [3.63, 3.8) is 0 Å². The molecule has 1 heterocycles. The smallest absolute Gasteiger partial charge is 1.00 e. The minimum absolute atomic E-state index is 0. The number of hydrogen-bond acceptors (Lipinski definition) is 1. The first-order chi connectivity index (χ1) is 6.63. The fraction of sp³-hybridized carbons (Fsp3) is 0.300. The van der Waals surface area contributed by atoms with E-state index in [-0.39, 0.29) is 24.0 Å². The molecule has 5 heteroatoms. The van der Waals surface area contributed by atoms with Crippen LogP contribution in [0.2, 0.25) is 0 Å². The van der Waals surface area contributed by atoms with Gasteiger partial charge in [-0.2, -0.15) is 0 Å². The summed E-state index contributed by atoms with van der Waals surface area (Å²) in [5.41, 5.74) is 1.34. The number of hydrogen-bond donors (Lipinski definition) is 0. The van der Waals surface area contributed by atoms with E-state index in [0.717, 1.165) is 10.2 Å². The molecule has 0 aliphatic carbocycles. The molecule has 0 bridgehead atoms. The van der Waals surface area contributed by atoms with Crippen LogP contribution in [0.5, 0.6) is 5.75 Å². The largest absolute Gasteiger partial charge is 1.00 e. The van der Waals surface area contributed by atoms with Crippen LogP contribution in [0.15, 0.2) is 16.6 Å².